The predicted octanol–water partition coefficient (Wildman–Crippen LogP) is 1.74. The highest BCUT2D eigenvalue weighted by Crippen LogP contribution is 2.15. The number of aromatic amines is 1. The van der Waals surface area contributed by atoms with Gasteiger partial charge < -0.3 is 19.8 Å². The fourth-order valence-electron chi connectivity index (χ4n) is 1.55. The summed E-state index contributed by atoms with van der Waals surface area (Å²) in [5.41, 5.74) is 1.17. The quantitative estimate of drug-likeness (QED) is 0.719. The summed E-state index contributed by atoms with van der Waals surface area (Å²) in [5, 5.41) is 13.0. The first kappa shape index (κ1) is 11.0. The van der Waals surface area contributed by atoms with E-state index in [4.69, 9.17) is 4.42 Å². The average molecular weight is 220 g/mol. The van der Waals surface area contributed by atoms with Crippen LogP contribution in [0.3, 0.4) is 0 Å². The van der Waals surface area contributed by atoms with Crippen LogP contribution in [0.15, 0.2) is 35.0 Å². The molecule has 0 aliphatic carbocycles. The topological polar surface area (TPSA) is 61.2 Å². The summed E-state index contributed by atoms with van der Waals surface area (Å²) in [7, 11) is 0. The lowest BCUT2D eigenvalue weighted by Crippen LogP contribution is -2.20. The van der Waals surface area contributed by atoms with Crippen molar-refractivity contribution in [2.45, 2.75) is 19.6 Å². The van der Waals surface area contributed by atoms with Crippen LogP contribution in [0.5, 0.6) is 0 Å². The van der Waals surface area contributed by atoms with Gasteiger partial charge in [0.2, 0.25) is 0 Å². The van der Waals surface area contributed by atoms with Crippen molar-refractivity contribution in [3.63, 3.8) is 0 Å². The molecule has 0 spiro atoms. The second-order valence-electron chi connectivity index (χ2n) is 3.81. The van der Waals surface area contributed by atoms with Gasteiger partial charge >= 0.3 is 0 Å². The van der Waals surface area contributed by atoms with Crippen molar-refractivity contribution in [1.82, 2.24) is 10.3 Å². The molecule has 0 amide bonds. The molecule has 0 saturated carbocycles. The standard InChI is InChI=1S/C12H16N2O2/c1-9-2-3-12(16-9)11(15)8-14-7-10-4-5-13-6-10/h2-6,11,13-15H,7-8H2,1H3. The smallest absolute Gasteiger partial charge is 0.133 e. The molecule has 2 aromatic rings. The Labute approximate surface area is 94.3 Å². The van der Waals surface area contributed by atoms with Crippen molar-refractivity contribution < 1.29 is 9.52 Å². The van der Waals surface area contributed by atoms with Crippen LogP contribution in [0.2, 0.25) is 0 Å². The van der Waals surface area contributed by atoms with Crippen LogP contribution in [0.25, 0.3) is 0 Å². The molecular formula is C12H16N2O2. The number of hydrogen-bond donors (Lipinski definition) is 3. The molecule has 4 heteroatoms. The number of nitrogens with one attached hydrogen (secondary N) is 2. The fourth-order valence-corrected chi connectivity index (χ4v) is 1.55. The Bertz CT molecular complexity index is 420. The highest BCUT2D eigenvalue weighted by atomic mass is 16.4. The van der Waals surface area contributed by atoms with E-state index in [1.807, 2.05) is 31.5 Å². The summed E-state index contributed by atoms with van der Waals surface area (Å²) in [6.07, 6.45) is 3.22. The normalized spacial score (nSPS) is 12.9. The minimum absolute atomic E-state index is 0.484. The first-order chi connectivity index (χ1) is 7.75. The number of furan rings is 1. The second kappa shape index (κ2) is 5.01. The zero-order chi connectivity index (χ0) is 11.4. The van der Waals surface area contributed by atoms with Gasteiger partial charge in [-0.25, -0.2) is 0 Å². The van der Waals surface area contributed by atoms with E-state index in [1.54, 1.807) is 6.07 Å². The SMILES string of the molecule is Cc1ccc(C(O)CNCc2cc[nH]c2)o1. The molecule has 2 aromatic heterocycles. The Balaban J connectivity index is 1.78. The van der Waals surface area contributed by atoms with Crippen LogP contribution in [0, 0.1) is 6.92 Å². The highest BCUT2D eigenvalue weighted by molar-refractivity contribution is 5.09. The van der Waals surface area contributed by atoms with Crippen LogP contribution in [0.1, 0.15) is 23.2 Å². The summed E-state index contributed by atoms with van der Waals surface area (Å²) in [4.78, 5) is 2.98. The lowest BCUT2D eigenvalue weighted by atomic mass is 10.2. The van der Waals surface area contributed by atoms with Crippen molar-refractivity contribution >= 4 is 0 Å². The van der Waals surface area contributed by atoms with E-state index in [0.29, 0.717) is 12.3 Å². The van der Waals surface area contributed by atoms with Crippen LogP contribution in [-0.2, 0) is 6.54 Å². The molecule has 0 aliphatic rings. The van der Waals surface area contributed by atoms with Crippen LogP contribution in [0.4, 0.5) is 0 Å². The minimum atomic E-state index is -0.590. The highest BCUT2D eigenvalue weighted by Gasteiger charge is 2.10. The number of aromatic nitrogens is 1. The Kier molecular flexibility index (Phi) is 3.44. The summed E-state index contributed by atoms with van der Waals surface area (Å²) >= 11 is 0. The number of H-pyrrole nitrogens is 1. The van der Waals surface area contributed by atoms with Gasteiger partial charge in [0.25, 0.3) is 0 Å². The molecule has 1 atom stereocenters. The zero-order valence-corrected chi connectivity index (χ0v) is 9.23. The first-order valence-corrected chi connectivity index (χ1v) is 5.32. The first-order valence-electron chi connectivity index (χ1n) is 5.32. The fraction of sp³-hybridized carbons (Fsp3) is 0.333. The monoisotopic (exact) mass is 220 g/mol. The molecule has 1 unspecified atom stereocenters. The predicted molar refractivity (Wildman–Crippen MR) is 60.9 cm³/mol. The molecule has 86 valence electrons. The summed E-state index contributed by atoms with van der Waals surface area (Å²) in [5.74, 6) is 1.43. The van der Waals surface area contributed by atoms with Gasteiger partial charge in [0.15, 0.2) is 0 Å². The van der Waals surface area contributed by atoms with Gasteiger partial charge in [-0.15, -0.1) is 0 Å². The van der Waals surface area contributed by atoms with Crippen molar-refractivity contribution in [3.05, 3.63) is 47.7 Å². The van der Waals surface area contributed by atoms with E-state index in [1.165, 1.54) is 5.56 Å². The summed E-state index contributed by atoms with van der Waals surface area (Å²) < 4.78 is 5.34. The van der Waals surface area contributed by atoms with Gasteiger partial charge in [-0.05, 0) is 30.7 Å². The molecule has 16 heavy (non-hydrogen) atoms. The van der Waals surface area contributed by atoms with E-state index in [9.17, 15) is 5.11 Å². The largest absolute Gasteiger partial charge is 0.464 e. The van der Waals surface area contributed by atoms with Crippen LogP contribution >= 0.6 is 0 Å². The molecule has 3 N–H and O–H groups in total. The molecule has 2 rings (SSSR count). The molecule has 0 saturated heterocycles. The third kappa shape index (κ3) is 2.74. The lowest BCUT2D eigenvalue weighted by Gasteiger charge is -2.08. The van der Waals surface area contributed by atoms with E-state index >= 15 is 0 Å². The van der Waals surface area contributed by atoms with Crippen molar-refractivity contribution in [3.8, 4) is 0 Å². The van der Waals surface area contributed by atoms with Gasteiger partial charge in [0, 0.05) is 25.5 Å². The van der Waals surface area contributed by atoms with E-state index in [-0.39, 0.29) is 0 Å². The molecule has 2 heterocycles. The summed E-state index contributed by atoms with van der Waals surface area (Å²) in [6.45, 7) is 3.09. The van der Waals surface area contributed by atoms with Crippen molar-refractivity contribution in [2.75, 3.05) is 6.54 Å². The number of hydrogen-bond acceptors (Lipinski definition) is 3. The number of aliphatic hydroxyl groups excluding tert-OH is 1. The van der Waals surface area contributed by atoms with Crippen LogP contribution in [-0.4, -0.2) is 16.6 Å². The molecular weight excluding hydrogens is 204 g/mol. The molecule has 0 radical (unpaired) electrons. The van der Waals surface area contributed by atoms with E-state index < -0.39 is 6.10 Å². The molecule has 0 bridgehead atoms. The third-order valence-electron chi connectivity index (χ3n) is 2.42. The molecule has 0 aliphatic heterocycles. The molecule has 0 aromatic carbocycles. The minimum Gasteiger partial charge on any atom is -0.464 e. The maximum absolute atomic E-state index is 9.80. The molecule has 4 nitrogen and oxygen atoms in total. The number of aliphatic hydroxyl groups is 1. The number of aryl methyl sites for hydroxylation is 1. The van der Waals surface area contributed by atoms with Gasteiger partial charge in [0.1, 0.15) is 17.6 Å². The maximum Gasteiger partial charge on any atom is 0.133 e. The van der Waals surface area contributed by atoms with E-state index in [0.717, 1.165) is 12.3 Å². The van der Waals surface area contributed by atoms with Gasteiger partial charge in [-0.1, -0.05) is 0 Å². The van der Waals surface area contributed by atoms with E-state index in [2.05, 4.69) is 10.3 Å². The van der Waals surface area contributed by atoms with Gasteiger partial charge in [-0.3, -0.25) is 0 Å². The average Bonchev–Trinajstić information content (AvgIpc) is 2.89. The maximum atomic E-state index is 9.80. The second-order valence-corrected chi connectivity index (χ2v) is 3.81. The van der Waals surface area contributed by atoms with Crippen LogP contribution < -0.4 is 5.32 Å². The Morgan fingerprint density at radius 1 is 1.44 bits per heavy atom. The third-order valence-corrected chi connectivity index (χ3v) is 2.42. The summed E-state index contributed by atoms with van der Waals surface area (Å²) in [6, 6.07) is 5.65. The van der Waals surface area contributed by atoms with Crippen molar-refractivity contribution in [2.24, 2.45) is 0 Å². The Morgan fingerprint density at radius 3 is 2.94 bits per heavy atom. The number of rotatable bonds is 5. The Hall–Kier alpha value is -1.52. The molecule has 0 fully saturated rings. The zero-order valence-electron chi connectivity index (χ0n) is 9.23. The van der Waals surface area contributed by atoms with Gasteiger partial charge in [0.05, 0.1) is 0 Å². The van der Waals surface area contributed by atoms with Gasteiger partial charge in [-0.2, -0.15) is 0 Å². The van der Waals surface area contributed by atoms with Crippen molar-refractivity contribution in [1.29, 1.82) is 0 Å². The Morgan fingerprint density at radius 2 is 2.31 bits per heavy atom. The lowest BCUT2D eigenvalue weighted by molar-refractivity contribution is 0.146.